The maximum Gasteiger partial charge on any atom is 0.160 e. The van der Waals surface area contributed by atoms with Crippen molar-refractivity contribution >= 4 is 0 Å². The molecule has 2 unspecified atom stereocenters. The average Bonchev–Trinajstić information content (AvgIpc) is 2.44. The largest absolute Gasteiger partial charge is 0.353 e. The maximum absolute atomic E-state index is 5.92. The van der Waals surface area contributed by atoms with Crippen molar-refractivity contribution in [3.05, 3.63) is 0 Å². The molecule has 0 aromatic rings. The van der Waals surface area contributed by atoms with Crippen LogP contribution in [0.2, 0.25) is 0 Å². The predicted molar refractivity (Wildman–Crippen MR) is 89.3 cm³/mol. The van der Waals surface area contributed by atoms with Gasteiger partial charge in [-0.15, -0.1) is 0 Å². The molecule has 0 radical (unpaired) electrons. The molecule has 3 heteroatoms. The molecule has 0 bridgehead atoms. The molecule has 0 N–H and O–H groups in total. The van der Waals surface area contributed by atoms with Crippen LogP contribution < -0.4 is 0 Å². The fourth-order valence-electron chi connectivity index (χ4n) is 2.09. The number of hydrogen-bond donors (Lipinski definition) is 0. The van der Waals surface area contributed by atoms with Crippen molar-refractivity contribution < 1.29 is 14.2 Å². The highest BCUT2D eigenvalue weighted by molar-refractivity contribution is 4.50. The lowest BCUT2D eigenvalue weighted by Gasteiger charge is -2.24. The Morgan fingerprint density at radius 1 is 0.667 bits per heavy atom. The summed E-state index contributed by atoms with van der Waals surface area (Å²) in [5.74, 6) is 1.48. The lowest BCUT2D eigenvalue weighted by atomic mass is 10.1. The van der Waals surface area contributed by atoms with Crippen molar-refractivity contribution in [1.29, 1.82) is 0 Å². The van der Waals surface area contributed by atoms with Crippen molar-refractivity contribution in [2.24, 2.45) is 11.8 Å². The Balaban J connectivity index is 3.83. The minimum absolute atomic E-state index is 0.132. The van der Waals surface area contributed by atoms with E-state index in [0.29, 0.717) is 0 Å². The first-order chi connectivity index (χ1) is 9.99. The van der Waals surface area contributed by atoms with E-state index >= 15 is 0 Å². The molecule has 0 amide bonds. The standard InChI is InChI=1S/C18H38O3/c1-7-17(19-13-9-11-15(3)4)21-18(8-2)20-14-10-12-16(5)6/h15-18H,7-14H2,1-6H3. The maximum atomic E-state index is 5.92. The molecule has 0 aliphatic carbocycles. The van der Waals surface area contributed by atoms with Gasteiger partial charge in [0.25, 0.3) is 0 Å². The second-order valence-corrected chi connectivity index (χ2v) is 6.63. The van der Waals surface area contributed by atoms with Gasteiger partial charge >= 0.3 is 0 Å². The Labute approximate surface area is 132 Å². The third-order valence-electron chi connectivity index (χ3n) is 3.43. The van der Waals surface area contributed by atoms with Gasteiger partial charge in [0.15, 0.2) is 12.6 Å². The Morgan fingerprint density at radius 3 is 1.33 bits per heavy atom. The zero-order valence-electron chi connectivity index (χ0n) is 15.2. The summed E-state index contributed by atoms with van der Waals surface area (Å²) < 4.78 is 17.6. The summed E-state index contributed by atoms with van der Waals surface area (Å²) in [5.41, 5.74) is 0. The van der Waals surface area contributed by atoms with E-state index in [0.717, 1.165) is 50.7 Å². The van der Waals surface area contributed by atoms with Gasteiger partial charge in [-0.3, -0.25) is 0 Å². The smallest absolute Gasteiger partial charge is 0.160 e. The minimum atomic E-state index is -0.132. The number of ether oxygens (including phenoxy) is 3. The van der Waals surface area contributed by atoms with E-state index in [1.165, 1.54) is 12.8 Å². The molecule has 0 rings (SSSR count). The van der Waals surface area contributed by atoms with Crippen LogP contribution >= 0.6 is 0 Å². The summed E-state index contributed by atoms with van der Waals surface area (Å²) in [6, 6.07) is 0. The van der Waals surface area contributed by atoms with Crippen LogP contribution in [-0.2, 0) is 14.2 Å². The molecule has 21 heavy (non-hydrogen) atoms. The molecule has 0 aliphatic heterocycles. The van der Waals surface area contributed by atoms with E-state index < -0.39 is 0 Å². The lowest BCUT2D eigenvalue weighted by molar-refractivity contribution is -0.247. The van der Waals surface area contributed by atoms with Crippen LogP contribution in [0.1, 0.15) is 80.1 Å². The number of rotatable bonds is 14. The first kappa shape index (κ1) is 20.9. The predicted octanol–water partition coefficient (Wildman–Crippen LogP) is 5.38. The van der Waals surface area contributed by atoms with E-state index in [4.69, 9.17) is 14.2 Å². The molecule has 0 fully saturated rings. The molecule has 3 nitrogen and oxygen atoms in total. The van der Waals surface area contributed by atoms with Gasteiger partial charge in [-0.2, -0.15) is 0 Å². The van der Waals surface area contributed by atoms with Crippen molar-refractivity contribution in [2.75, 3.05) is 13.2 Å². The van der Waals surface area contributed by atoms with Crippen molar-refractivity contribution in [3.63, 3.8) is 0 Å². The molecule has 2 atom stereocenters. The highest BCUT2D eigenvalue weighted by Gasteiger charge is 2.14. The van der Waals surface area contributed by atoms with Crippen LogP contribution in [0.3, 0.4) is 0 Å². The lowest BCUT2D eigenvalue weighted by Crippen LogP contribution is -2.27. The second-order valence-electron chi connectivity index (χ2n) is 6.63. The van der Waals surface area contributed by atoms with Gasteiger partial charge in [-0.05, 0) is 50.4 Å². The molecule has 0 saturated heterocycles. The van der Waals surface area contributed by atoms with E-state index in [2.05, 4.69) is 41.5 Å². The quantitative estimate of drug-likeness (QED) is 0.318. The normalized spacial score (nSPS) is 14.9. The Bertz CT molecular complexity index is 195. The van der Waals surface area contributed by atoms with Gasteiger partial charge in [0.2, 0.25) is 0 Å². The summed E-state index contributed by atoms with van der Waals surface area (Å²) in [6.07, 6.45) is 6.09. The summed E-state index contributed by atoms with van der Waals surface area (Å²) in [6.45, 7) is 14.7. The SMILES string of the molecule is CCC(OCCCC(C)C)OC(CC)OCCCC(C)C. The summed E-state index contributed by atoms with van der Waals surface area (Å²) in [5, 5.41) is 0. The zero-order chi connectivity index (χ0) is 16.1. The highest BCUT2D eigenvalue weighted by Crippen LogP contribution is 2.12. The molecule has 128 valence electrons. The monoisotopic (exact) mass is 302 g/mol. The van der Waals surface area contributed by atoms with Gasteiger partial charge in [0.1, 0.15) is 0 Å². The molecule has 0 aliphatic rings. The van der Waals surface area contributed by atoms with Gasteiger partial charge in [-0.25, -0.2) is 0 Å². The van der Waals surface area contributed by atoms with E-state index in [1.54, 1.807) is 0 Å². The Hall–Kier alpha value is -0.120. The van der Waals surface area contributed by atoms with Crippen LogP contribution in [0, 0.1) is 11.8 Å². The highest BCUT2D eigenvalue weighted by atomic mass is 16.8. The third kappa shape index (κ3) is 13.3. The van der Waals surface area contributed by atoms with Gasteiger partial charge in [0.05, 0.1) is 0 Å². The van der Waals surface area contributed by atoms with Crippen LogP contribution in [0.5, 0.6) is 0 Å². The van der Waals surface area contributed by atoms with Crippen LogP contribution in [0.25, 0.3) is 0 Å². The average molecular weight is 302 g/mol. The summed E-state index contributed by atoms with van der Waals surface area (Å²) >= 11 is 0. The van der Waals surface area contributed by atoms with E-state index in [1.807, 2.05) is 0 Å². The van der Waals surface area contributed by atoms with Crippen LogP contribution in [0.15, 0.2) is 0 Å². The first-order valence-corrected chi connectivity index (χ1v) is 8.88. The van der Waals surface area contributed by atoms with E-state index in [9.17, 15) is 0 Å². The van der Waals surface area contributed by atoms with Crippen LogP contribution in [0.4, 0.5) is 0 Å². The topological polar surface area (TPSA) is 27.7 Å². The number of hydrogen-bond acceptors (Lipinski definition) is 3. The fraction of sp³-hybridized carbons (Fsp3) is 1.00. The second kappa shape index (κ2) is 13.5. The van der Waals surface area contributed by atoms with Gasteiger partial charge in [-0.1, -0.05) is 41.5 Å². The van der Waals surface area contributed by atoms with Crippen LogP contribution in [-0.4, -0.2) is 25.8 Å². The minimum Gasteiger partial charge on any atom is -0.353 e. The third-order valence-corrected chi connectivity index (χ3v) is 3.43. The summed E-state index contributed by atoms with van der Waals surface area (Å²) in [7, 11) is 0. The molecule has 0 spiro atoms. The molecule has 0 saturated carbocycles. The van der Waals surface area contributed by atoms with Crippen molar-refractivity contribution in [1.82, 2.24) is 0 Å². The Kier molecular flexibility index (Phi) is 13.5. The molecule has 0 aromatic carbocycles. The Morgan fingerprint density at radius 2 is 1.05 bits per heavy atom. The molecular weight excluding hydrogens is 264 g/mol. The van der Waals surface area contributed by atoms with E-state index in [-0.39, 0.29) is 12.6 Å². The van der Waals surface area contributed by atoms with Gasteiger partial charge in [0, 0.05) is 13.2 Å². The molecular formula is C18H38O3. The molecule has 0 heterocycles. The van der Waals surface area contributed by atoms with Gasteiger partial charge < -0.3 is 14.2 Å². The van der Waals surface area contributed by atoms with Crippen molar-refractivity contribution in [3.8, 4) is 0 Å². The molecule has 0 aromatic heterocycles. The summed E-state index contributed by atoms with van der Waals surface area (Å²) in [4.78, 5) is 0. The zero-order valence-corrected chi connectivity index (χ0v) is 15.2. The first-order valence-electron chi connectivity index (χ1n) is 8.88. The van der Waals surface area contributed by atoms with Crippen molar-refractivity contribution in [2.45, 2.75) is 92.6 Å². The fourth-order valence-corrected chi connectivity index (χ4v) is 2.09.